The van der Waals surface area contributed by atoms with E-state index in [9.17, 15) is 13.9 Å². The Morgan fingerprint density at radius 3 is 2.75 bits per heavy atom. The van der Waals surface area contributed by atoms with E-state index in [2.05, 4.69) is 20.6 Å². The van der Waals surface area contributed by atoms with E-state index in [-0.39, 0.29) is 12.8 Å². The van der Waals surface area contributed by atoms with Crippen LogP contribution in [-0.2, 0) is 4.74 Å². The van der Waals surface area contributed by atoms with Gasteiger partial charge in [-0.15, -0.1) is 11.3 Å². The van der Waals surface area contributed by atoms with Crippen LogP contribution in [0.1, 0.15) is 25.5 Å². The molecule has 3 aromatic rings. The number of nitrogens with one attached hydrogen (secondary N) is 2. The van der Waals surface area contributed by atoms with Crippen molar-refractivity contribution in [3.8, 4) is 10.6 Å². The van der Waals surface area contributed by atoms with Crippen molar-refractivity contribution in [3.05, 3.63) is 30.0 Å². The molecule has 172 valence electrons. The molecule has 10 heteroatoms. The first-order valence-corrected chi connectivity index (χ1v) is 11.6. The van der Waals surface area contributed by atoms with E-state index in [4.69, 9.17) is 9.72 Å². The van der Waals surface area contributed by atoms with Gasteiger partial charge in [0.2, 0.25) is 12.4 Å². The fourth-order valence-corrected chi connectivity index (χ4v) is 5.02. The summed E-state index contributed by atoms with van der Waals surface area (Å²) in [6.07, 6.45) is -3.09. The van der Waals surface area contributed by atoms with Gasteiger partial charge in [0, 0.05) is 19.1 Å². The van der Waals surface area contributed by atoms with E-state index in [1.165, 1.54) is 11.3 Å². The predicted octanol–water partition coefficient (Wildman–Crippen LogP) is 4.33. The van der Waals surface area contributed by atoms with Crippen LogP contribution in [0.5, 0.6) is 0 Å². The molecule has 1 aliphatic carbocycles. The summed E-state index contributed by atoms with van der Waals surface area (Å²) in [5.41, 5.74) is 2.29. The van der Waals surface area contributed by atoms with E-state index in [1.807, 2.05) is 38.1 Å². The van der Waals surface area contributed by atoms with E-state index in [0.29, 0.717) is 42.8 Å². The number of halogens is 2. The monoisotopic (exact) mass is 463 g/mol. The summed E-state index contributed by atoms with van der Waals surface area (Å²) in [6, 6.07) is 7.30. The number of aryl methyl sites for hydroxylation is 1. The van der Waals surface area contributed by atoms with E-state index in [0.717, 1.165) is 15.2 Å². The minimum absolute atomic E-state index is 0.0648. The molecule has 1 aliphatic rings. The summed E-state index contributed by atoms with van der Waals surface area (Å²) in [4.78, 5) is 13.9. The summed E-state index contributed by atoms with van der Waals surface area (Å²) in [5.74, 6) is 0.0574. The normalized spacial score (nSPS) is 20.9. The molecule has 4 rings (SSSR count). The molecule has 7 nitrogen and oxygen atoms in total. The van der Waals surface area contributed by atoms with E-state index in [1.54, 1.807) is 0 Å². The fraction of sp³-hybridized carbons (Fsp3) is 0.500. The lowest BCUT2D eigenvalue weighted by Gasteiger charge is -2.20. The molecule has 0 saturated heterocycles. The summed E-state index contributed by atoms with van der Waals surface area (Å²) in [5, 5.41) is 17.5. The molecule has 2 heterocycles. The van der Waals surface area contributed by atoms with Crippen LogP contribution in [-0.4, -0.2) is 58.4 Å². The van der Waals surface area contributed by atoms with Crippen LogP contribution in [0.4, 0.5) is 20.5 Å². The number of hydrogen-bond donors (Lipinski definition) is 3. The van der Waals surface area contributed by atoms with Crippen molar-refractivity contribution in [2.45, 2.75) is 45.3 Å². The molecule has 0 spiro atoms. The van der Waals surface area contributed by atoms with Gasteiger partial charge in [-0.05, 0) is 38.8 Å². The third kappa shape index (κ3) is 4.97. The quantitative estimate of drug-likeness (QED) is 0.407. The van der Waals surface area contributed by atoms with Gasteiger partial charge in [-0.25, -0.2) is 18.7 Å². The van der Waals surface area contributed by atoms with Crippen molar-refractivity contribution >= 4 is 33.3 Å². The molecule has 0 radical (unpaired) electrons. The predicted molar refractivity (Wildman–Crippen MR) is 123 cm³/mol. The summed E-state index contributed by atoms with van der Waals surface area (Å²) in [6.45, 7) is 5.46. The minimum Gasteiger partial charge on any atom is -0.391 e. The molecule has 0 bridgehead atoms. The zero-order valence-electron chi connectivity index (χ0n) is 18.0. The van der Waals surface area contributed by atoms with Gasteiger partial charge in [0.05, 0.1) is 40.2 Å². The molecular weight excluding hydrogens is 436 g/mol. The maximum atomic E-state index is 13.2. The molecule has 0 amide bonds. The van der Waals surface area contributed by atoms with Crippen LogP contribution in [0.25, 0.3) is 20.8 Å². The van der Waals surface area contributed by atoms with Crippen molar-refractivity contribution in [2.75, 3.05) is 30.4 Å². The average molecular weight is 464 g/mol. The van der Waals surface area contributed by atoms with Crippen LogP contribution in [0.2, 0.25) is 0 Å². The third-order valence-electron chi connectivity index (χ3n) is 5.58. The molecule has 1 aromatic carbocycles. The number of benzene rings is 1. The second-order valence-corrected chi connectivity index (χ2v) is 8.88. The lowest BCUT2D eigenvalue weighted by Crippen LogP contribution is -2.29. The van der Waals surface area contributed by atoms with Crippen LogP contribution >= 0.6 is 11.3 Å². The van der Waals surface area contributed by atoms with Crippen LogP contribution < -0.4 is 10.6 Å². The Hall–Kier alpha value is -2.43. The number of rotatable bonds is 9. The average Bonchev–Trinajstić information content (AvgIpc) is 3.34. The highest BCUT2D eigenvalue weighted by molar-refractivity contribution is 7.21. The molecule has 1 saturated carbocycles. The van der Waals surface area contributed by atoms with Gasteiger partial charge < -0.3 is 20.5 Å². The van der Waals surface area contributed by atoms with Gasteiger partial charge in [0.25, 0.3) is 0 Å². The third-order valence-corrected chi connectivity index (χ3v) is 6.63. The van der Waals surface area contributed by atoms with Gasteiger partial charge in [0.1, 0.15) is 10.8 Å². The lowest BCUT2D eigenvalue weighted by molar-refractivity contribution is 0.0702. The Morgan fingerprint density at radius 1 is 1.22 bits per heavy atom. The molecule has 0 unspecified atom stereocenters. The second-order valence-electron chi connectivity index (χ2n) is 7.85. The van der Waals surface area contributed by atoms with Crippen LogP contribution in [0.3, 0.4) is 0 Å². The van der Waals surface area contributed by atoms with Crippen molar-refractivity contribution in [3.63, 3.8) is 0 Å². The molecule has 2 aromatic heterocycles. The van der Waals surface area contributed by atoms with Gasteiger partial charge in [-0.1, -0.05) is 12.1 Å². The summed E-state index contributed by atoms with van der Waals surface area (Å²) >= 11 is 1.52. The van der Waals surface area contributed by atoms with Gasteiger partial charge in [-0.3, -0.25) is 0 Å². The molecule has 32 heavy (non-hydrogen) atoms. The molecular formula is C22H27F2N5O2S. The number of aromatic nitrogens is 3. The number of hydrogen-bond acceptors (Lipinski definition) is 8. The smallest absolute Gasteiger partial charge is 0.241 e. The van der Waals surface area contributed by atoms with Gasteiger partial charge in [0.15, 0.2) is 0 Å². The van der Waals surface area contributed by atoms with E-state index < -0.39 is 24.5 Å². The number of thiazole rings is 1. The highest BCUT2D eigenvalue weighted by atomic mass is 32.1. The molecule has 3 N–H and O–H groups in total. The zero-order chi connectivity index (χ0) is 22.7. The minimum atomic E-state index is -2.46. The van der Waals surface area contributed by atoms with Gasteiger partial charge in [-0.2, -0.15) is 4.98 Å². The summed E-state index contributed by atoms with van der Waals surface area (Å²) < 4.78 is 32.8. The number of aliphatic hydroxyl groups excluding tert-OH is 1. The van der Waals surface area contributed by atoms with Gasteiger partial charge >= 0.3 is 0 Å². The van der Waals surface area contributed by atoms with E-state index >= 15 is 0 Å². The Kier molecular flexibility index (Phi) is 7.12. The number of aliphatic hydroxyl groups is 1. The topological polar surface area (TPSA) is 92.2 Å². The molecule has 0 aliphatic heterocycles. The zero-order valence-corrected chi connectivity index (χ0v) is 18.8. The number of anilines is 2. The Morgan fingerprint density at radius 2 is 2.03 bits per heavy atom. The second kappa shape index (κ2) is 10.0. The summed E-state index contributed by atoms with van der Waals surface area (Å²) in [7, 11) is 0. The van der Waals surface area contributed by atoms with Crippen molar-refractivity contribution in [1.82, 2.24) is 15.0 Å². The van der Waals surface area contributed by atoms with Crippen LogP contribution in [0.15, 0.2) is 24.3 Å². The highest BCUT2D eigenvalue weighted by Gasteiger charge is 2.38. The van der Waals surface area contributed by atoms with Crippen molar-refractivity contribution < 1.29 is 18.6 Å². The number of nitrogens with zero attached hydrogens (tertiary/aromatic N) is 3. The molecule has 3 atom stereocenters. The standard InChI is InChI=1S/C22H27F2N5O2S/c1-3-31-9-8-25-22-26-12(2)18(21-28-14-6-4-5-7-17(14)32-21)20(29-22)27-15-10-13(19(23)24)11-16(15)30/h4-7,13,15-16,19,30H,3,8-11H2,1-2H3,(H2,25,26,27,29)/t13-,15+,16+/m0/s1. The van der Waals surface area contributed by atoms with Crippen molar-refractivity contribution in [1.29, 1.82) is 0 Å². The first-order chi connectivity index (χ1) is 15.5. The fourth-order valence-electron chi connectivity index (χ4n) is 3.96. The number of fused-ring (bicyclic) bond motifs is 1. The Balaban J connectivity index is 1.68. The largest absolute Gasteiger partial charge is 0.391 e. The Bertz CT molecular complexity index is 1030. The maximum Gasteiger partial charge on any atom is 0.241 e. The van der Waals surface area contributed by atoms with Crippen molar-refractivity contribution in [2.24, 2.45) is 5.92 Å². The SMILES string of the molecule is CCOCCNc1nc(C)c(-c2nc3ccccc3s2)c(N[C@@H]2C[C@H](C(F)F)C[C@H]2O)n1. The number of ether oxygens (including phenoxy) is 1. The van der Waals surface area contributed by atoms with Crippen LogP contribution in [0, 0.1) is 12.8 Å². The number of para-hydroxylation sites is 1. The maximum absolute atomic E-state index is 13.2. The lowest BCUT2D eigenvalue weighted by atomic mass is 10.1. The Labute approximate surface area is 189 Å². The first-order valence-electron chi connectivity index (χ1n) is 10.7. The molecule has 1 fully saturated rings. The highest BCUT2D eigenvalue weighted by Crippen LogP contribution is 2.38. The number of alkyl halides is 2. The first kappa shape index (κ1) is 22.8.